The van der Waals surface area contributed by atoms with Gasteiger partial charge in [-0.15, -0.1) is 37.2 Å². The van der Waals surface area contributed by atoms with Crippen LogP contribution in [0.3, 0.4) is 0 Å². The van der Waals surface area contributed by atoms with Crippen LogP contribution >= 0.6 is 37.2 Å². The van der Waals surface area contributed by atoms with Crippen LogP contribution in [-0.4, -0.2) is 49.2 Å². The Hall–Kier alpha value is -0.880. The van der Waals surface area contributed by atoms with Crippen molar-refractivity contribution >= 4 is 48.7 Å². The second kappa shape index (κ2) is 9.94. The number of piperazine rings is 1. The zero-order valence-corrected chi connectivity index (χ0v) is 13.7. The van der Waals surface area contributed by atoms with Crippen molar-refractivity contribution in [3.05, 3.63) is 29.8 Å². The molecule has 0 bridgehead atoms. The van der Waals surface area contributed by atoms with Gasteiger partial charge < -0.3 is 20.7 Å². The SMILES string of the molecule is CN1CCN(c2ccc(C(N)=NO)cc2)CC1.Cl.Cl.Cl. The van der Waals surface area contributed by atoms with E-state index in [2.05, 4.69) is 22.0 Å². The van der Waals surface area contributed by atoms with E-state index in [1.54, 1.807) is 0 Å². The van der Waals surface area contributed by atoms with Crippen molar-refractivity contribution in [2.24, 2.45) is 10.9 Å². The Bertz CT molecular complexity index is 406. The summed E-state index contributed by atoms with van der Waals surface area (Å²) < 4.78 is 0. The molecular formula is C12H21Cl3N4O. The van der Waals surface area contributed by atoms with Gasteiger partial charge in [0.15, 0.2) is 5.84 Å². The summed E-state index contributed by atoms with van der Waals surface area (Å²) in [5.41, 5.74) is 7.45. The average Bonchev–Trinajstić information content (AvgIpc) is 2.39. The van der Waals surface area contributed by atoms with Crippen molar-refractivity contribution in [2.45, 2.75) is 0 Å². The molecule has 116 valence electrons. The minimum absolute atomic E-state index is 0. The standard InChI is InChI=1S/C12H18N4O.3ClH/c1-15-6-8-16(9-7-15)11-4-2-10(3-5-11)12(13)14-17;;;/h2-5,17H,6-9H2,1H3,(H2,13,14);3*1H. The maximum atomic E-state index is 8.58. The minimum atomic E-state index is 0. The number of rotatable bonds is 2. The maximum absolute atomic E-state index is 8.58. The number of nitrogens with two attached hydrogens (primary N) is 1. The predicted octanol–water partition coefficient (Wildman–Crippen LogP) is 1.80. The van der Waals surface area contributed by atoms with Crippen molar-refractivity contribution in [3.63, 3.8) is 0 Å². The Kier molecular flexibility index (Phi) is 10.6. The van der Waals surface area contributed by atoms with E-state index in [0.29, 0.717) is 0 Å². The molecule has 0 unspecified atom stereocenters. The van der Waals surface area contributed by atoms with Gasteiger partial charge in [0.2, 0.25) is 0 Å². The zero-order chi connectivity index (χ0) is 12.3. The number of hydrogen-bond donors (Lipinski definition) is 2. The Morgan fingerprint density at radius 3 is 2.00 bits per heavy atom. The van der Waals surface area contributed by atoms with Gasteiger partial charge in [-0.1, -0.05) is 5.16 Å². The molecule has 5 nitrogen and oxygen atoms in total. The molecule has 1 aromatic carbocycles. The number of anilines is 1. The number of likely N-dealkylation sites (N-methyl/N-ethyl adjacent to an activating group) is 1. The predicted molar refractivity (Wildman–Crippen MR) is 90.4 cm³/mol. The van der Waals surface area contributed by atoms with Gasteiger partial charge in [-0.25, -0.2) is 0 Å². The Morgan fingerprint density at radius 2 is 1.55 bits per heavy atom. The summed E-state index contributed by atoms with van der Waals surface area (Å²) in [7, 11) is 2.14. The van der Waals surface area contributed by atoms with Crippen LogP contribution in [-0.2, 0) is 0 Å². The highest BCUT2D eigenvalue weighted by atomic mass is 35.5. The van der Waals surface area contributed by atoms with Crippen molar-refractivity contribution in [1.29, 1.82) is 0 Å². The summed E-state index contributed by atoms with van der Waals surface area (Å²) in [6.07, 6.45) is 0. The van der Waals surface area contributed by atoms with Gasteiger partial charge in [0.1, 0.15) is 0 Å². The van der Waals surface area contributed by atoms with Gasteiger partial charge in [-0.2, -0.15) is 0 Å². The quantitative estimate of drug-likeness (QED) is 0.372. The summed E-state index contributed by atoms with van der Waals surface area (Å²) in [5, 5.41) is 11.6. The van der Waals surface area contributed by atoms with Crippen molar-refractivity contribution in [1.82, 2.24) is 4.90 Å². The topological polar surface area (TPSA) is 65.1 Å². The average molecular weight is 344 g/mol. The fraction of sp³-hybridized carbons (Fsp3) is 0.417. The Balaban J connectivity index is 0. The summed E-state index contributed by atoms with van der Waals surface area (Å²) in [5.74, 6) is 0.148. The molecule has 1 aliphatic heterocycles. The lowest BCUT2D eigenvalue weighted by Crippen LogP contribution is -2.44. The van der Waals surface area contributed by atoms with E-state index < -0.39 is 0 Å². The van der Waals surface area contributed by atoms with Crippen LogP contribution in [0.15, 0.2) is 29.4 Å². The summed E-state index contributed by atoms with van der Waals surface area (Å²) >= 11 is 0. The van der Waals surface area contributed by atoms with Gasteiger partial charge in [0.05, 0.1) is 0 Å². The number of oxime groups is 1. The number of halogens is 3. The molecule has 1 heterocycles. The second-order valence-corrected chi connectivity index (χ2v) is 4.32. The fourth-order valence-corrected chi connectivity index (χ4v) is 1.97. The molecular weight excluding hydrogens is 323 g/mol. The van der Waals surface area contributed by atoms with Crippen molar-refractivity contribution < 1.29 is 5.21 Å². The zero-order valence-electron chi connectivity index (χ0n) is 11.2. The first-order valence-corrected chi connectivity index (χ1v) is 5.72. The normalized spacial score (nSPS) is 15.7. The van der Waals surface area contributed by atoms with E-state index in [0.717, 1.165) is 31.7 Å². The van der Waals surface area contributed by atoms with Crippen molar-refractivity contribution in [3.8, 4) is 0 Å². The van der Waals surface area contributed by atoms with Gasteiger partial charge in [0.25, 0.3) is 0 Å². The third-order valence-corrected chi connectivity index (χ3v) is 3.14. The first-order chi connectivity index (χ1) is 8.20. The van der Waals surface area contributed by atoms with E-state index in [4.69, 9.17) is 10.9 Å². The lowest BCUT2D eigenvalue weighted by Gasteiger charge is -2.34. The van der Waals surface area contributed by atoms with Crippen LogP contribution in [0.1, 0.15) is 5.56 Å². The lowest BCUT2D eigenvalue weighted by atomic mass is 10.1. The third-order valence-electron chi connectivity index (χ3n) is 3.14. The van der Waals surface area contributed by atoms with Crippen LogP contribution in [0.4, 0.5) is 5.69 Å². The van der Waals surface area contributed by atoms with Crippen LogP contribution < -0.4 is 10.6 Å². The molecule has 0 saturated carbocycles. The summed E-state index contributed by atoms with van der Waals surface area (Å²) in [6, 6.07) is 7.78. The van der Waals surface area contributed by atoms with Crippen LogP contribution in [0.5, 0.6) is 0 Å². The Morgan fingerprint density at radius 1 is 1.05 bits per heavy atom. The van der Waals surface area contributed by atoms with E-state index >= 15 is 0 Å². The fourth-order valence-electron chi connectivity index (χ4n) is 1.97. The van der Waals surface area contributed by atoms with Gasteiger partial charge in [0, 0.05) is 37.4 Å². The van der Waals surface area contributed by atoms with Crippen LogP contribution in [0.25, 0.3) is 0 Å². The number of benzene rings is 1. The Labute approximate surface area is 138 Å². The molecule has 2 rings (SSSR count). The minimum Gasteiger partial charge on any atom is -0.409 e. The highest BCUT2D eigenvalue weighted by Crippen LogP contribution is 2.16. The van der Waals surface area contributed by atoms with Crippen molar-refractivity contribution in [2.75, 3.05) is 38.1 Å². The maximum Gasteiger partial charge on any atom is 0.170 e. The van der Waals surface area contributed by atoms with E-state index in [9.17, 15) is 0 Å². The van der Waals surface area contributed by atoms with Gasteiger partial charge in [-0.3, -0.25) is 0 Å². The van der Waals surface area contributed by atoms with E-state index in [1.165, 1.54) is 5.69 Å². The van der Waals surface area contributed by atoms with E-state index in [1.807, 2.05) is 24.3 Å². The highest BCUT2D eigenvalue weighted by molar-refractivity contribution is 5.97. The second-order valence-electron chi connectivity index (χ2n) is 4.32. The smallest absolute Gasteiger partial charge is 0.170 e. The third kappa shape index (κ3) is 5.25. The summed E-state index contributed by atoms with van der Waals surface area (Å²) in [6.45, 7) is 4.25. The molecule has 1 fully saturated rings. The monoisotopic (exact) mass is 342 g/mol. The number of amidine groups is 1. The number of nitrogens with zero attached hydrogens (tertiary/aromatic N) is 3. The van der Waals surface area contributed by atoms with Crippen LogP contribution in [0, 0.1) is 0 Å². The molecule has 0 atom stereocenters. The first-order valence-electron chi connectivity index (χ1n) is 5.72. The molecule has 1 saturated heterocycles. The lowest BCUT2D eigenvalue weighted by molar-refractivity contribution is 0.313. The van der Waals surface area contributed by atoms with E-state index in [-0.39, 0.29) is 43.1 Å². The molecule has 20 heavy (non-hydrogen) atoms. The molecule has 0 radical (unpaired) electrons. The first kappa shape index (κ1) is 21.4. The molecule has 0 aromatic heterocycles. The van der Waals surface area contributed by atoms with Gasteiger partial charge >= 0.3 is 0 Å². The molecule has 0 spiro atoms. The number of hydrogen-bond acceptors (Lipinski definition) is 4. The molecule has 0 amide bonds. The molecule has 1 aromatic rings. The largest absolute Gasteiger partial charge is 0.409 e. The molecule has 3 N–H and O–H groups in total. The molecule has 0 aliphatic carbocycles. The van der Waals surface area contributed by atoms with Gasteiger partial charge in [-0.05, 0) is 31.3 Å². The van der Waals surface area contributed by atoms with Crippen LogP contribution in [0.2, 0.25) is 0 Å². The molecule has 8 heteroatoms. The highest BCUT2D eigenvalue weighted by Gasteiger charge is 2.14. The molecule has 1 aliphatic rings. The summed E-state index contributed by atoms with van der Waals surface area (Å²) in [4.78, 5) is 4.66.